The van der Waals surface area contributed by atoms with E-state index in [1.807, 2.05) is 41.8 Å². The molecule has 4 aromatic rings. The van der Waals surface area contributed by atoms with Crippen molar-refractivity contribution in [2.45, 2.75) is 24.0 Å². The van der Waals surface area contributed by atoms with Gasteiger partial charge in [-0.25, -0.2) is 9.18 Å². The molecule has 6 nitrogen and oxygen atoms in total. The minimum atomic E-state index is -0.504. The number of benzene rings is 3. The van der Waals surface area contributed by atoms with Crippen LogP contribution in [0.25, 0.3) is 11.1 Å². The summed E-state index contributed by atoms with van der Waals surface area (Å²) in [6.07, 6.45) is 0. The number of carbonyl (C=O) groups is 3. The summed E-state index contributed by atoms with van der Waals surface area (Å²) in [5, 5.41) is 7.44. The number of thioether (sulfide) groups is 1. The van der Waals surface area contributed by atoms with Crippen LogP contribution in [0.4, 0.5) is 15.1 Å². The van der Waals surface area contributed by atoms with E-state index < -0.39 is 17.0 Å². The third-order valence-corrected chi connectivity index (χ3v) is 7.46. The maximum absolute atomic E-state index is 13.1. The SMILES string of the molecule is CCOC(=O)c1c(-c2ccccc2)csc1NC(=O)C(C)Sc1cccc(NC(=O)c2ccc(F)cc2)c1. The van der Waals surface area contributed by atoms with E-state index in [0.29, 0.717) is 27.4 Å². The minimum Gasteiger partial charge on any atom is -0.462 e. The standard InChI is InChI=1S/C29H25FN2O4S2/c1-3-36-29(35)25-24(19-8-5-4-6-9-19)17-37-28(25)32-26(33)18(2)38-23-11-7-10-22(16-23)31-27(34)20-12-14-21(30)15-13-20/h4-18H,3H2,1-2H3,(H,31,34)(H,32,33). The molecule has 0 aliphatic carbocycles. The van der Waals surface area contributed by atoms with Crippen molar-refractivity contribution in [1.82, 2.24) is 0 Å². The molecular formula is C29H25FN2O4S2. The number of ether oxygens (including phenoxy) is 1. The van der Waals surface area contributed by atoms with Gasteiger partial charge in [0.1, 0.15) is 16.4 Å². The summed E-state index contributed by atoms with van der Waals surface area (Å²) in [5.41, 5.74) is 2.77. The average Bonchev–Trinajstić information content (AvgIpc) is 3.33. The first-order valence-electron chi connectivity index (χ1n) is 11.8. The van der Waals surface area contributed by atoms with Gasteiger partial charge in [0, 0.05) is 27.1 Å². The molecule has 1 unspecified atom stereocenters. The van der Waals surface area contributed by atoms with Gasteiger partial charge in [0.15, 0.2) is 0 Å². The van der Waals surface area contributed by atoms with E-state index in [-0.39, 0.29) is 18.4 Å². The number of nitrogens with one attached hydrogen (secondary N) is 2. The first-order valence-corrected chi connectivity index (χ1v) is 13.6. The van der Waals surface area contributed by atoms with E-state index in [2.05, 4.69) is 10.6 Å². The number of carbonyl (C=O) groups excluding carboxylic acids is 3. The lowest BCUT2D eigenvalue weighted by molar-refractivity contribution is -0.115. The largest absolute Gasteiger partial charge is 0.462 e. The lowest BCUT2D eigenvalue weighted by Gasteiger charge is -2.14. The fraction of sp³-hybridized carbons (Fsp3) is 0.138. The van der Waals surface area contributed by atoms with Crippen LogP contribution in [-0.2, 0) is 9.53 Å². The van der Waals surface area contributed by atoms with Gasteiger partial charge in [0.05, 0.1) is 11.9 Å². The Morgan fingerprint density at radius 2 is 1.71 bits per heavy atom. The van der Waals surface area contributed by atoms with E-state index in [1.165, 1.54) is 47.4 Å². The number of thiophene rings is 1. The zero-order valence-corrected chi connectivity index (χ0v) is 22.3. The Morgan fingerprint density at radius 1 is 0.974 bits per heavy atom. The highest BCUT2D eigenvalue weighted by Gasteiger charge is 2.24. The normalized spacial score (nSPS) is 11.4. The molecule has 9 heteroatoms. The van der Waals surface area contributed by atoms with Crippen LogP contribution >= 0.6 is 23.1 Å². The number of esters is 1. The van der Waals surface area contributed by atoms with Crippen molar-refractivity contribution in [3.05, 3.63) is 101 Å². The van der Waals surface area contributed by atoms with Crippen molar-refractivity contribution in [3.8, 4) is 11.1 Å². The Labute approximate surface area is 228 Å². The van der Waals surface area contributed by atoms with Gasteiger partial charge in [0.25, 0.3) is 5.91 Å². The van der Waals surface area contributed by atoms with Crippen molar-refractivity contribution in [1.29, 1.82) is 0 Å². The Bertz CT molecular complexity index is 1440. The van der Waals surface area contributed by atoms with E-state index in [1.54, 1.807) is 32.0 Å². The summed E-state index contributed by atoms with van der Waals surface area (Å²) >= 11 is 2.59. The number of amides is 2. The van der Waals surface area contributed by atoms with Gasteiger partial charge in [0.2, 0.25) is 5.91 Å². The molecular weight excluding hydrogens is 523 g/mol. The van der Waals surface area contributed by atoms with Crippen molar-refractivity contribution in [3.63, 3.8) is 0 Å². The van der Waals surface area contributed by atoms with Crippen molar-refractivity contribution < 1.29 is 23.5 Å². The molecule has 0 saturated heterocycles. The second-order valence-corrected chi connectivity index (χ2v) is 10.5. The Balaban J connectivity index is 1.46. The Morgan fingerprint density at radius 3 is 2.42 bits per heavy atom. The predicted molar refractivity (Wildman–Crippen MR) is 150 cm³/mol. The van der Waals surface area contributed by atoms with Crippen LogP contribution in [0.2, 0.25) is 0 Å². The third kappa shape index (κ3) is 6.67. The Kier molecular flexibility index (Phi) is 8.93. The van der Waals surface area contributed by atoms with Crippen LogP contribution < -0.4 is 10.6 Å². The molecule has 1 atom stereocenters. The fourth-order valence-corrected chi connectivity index (χ4v) is 5.50. The molecule has 0 aliphatic heterocycles. The number of anilines is 2. The van der Waals surface area contributed by atoms with E-state index in [4.69, 9.17) is 4.74 Å². The van der Waals surface area contributed by atoms with Crippen molar-refractivity contribution >= 4 is 51.6 Å². The maximum atomic E-state index is 13.1. The summed E-state index contributed by atoms with van der Waals surface area (Å²) in [5.74, 6) is -1.55. The second-order valence-electron chi connectivity index (χ2n) is 8.18. The van der Waals surface area contributed by atoms with Crippen molar-refractivity contribution in [2.75, 3.05) is 17.2 Å². The Hall–Kier alpha value is -3.95. The molecule has 0 spiro atoms. The van der Waals surface area contributed by atoms with Gasteiger partial charge in [-0.1, -0.05) is 36.4 Å². The highest BCUT2D eigenvalue weighted by molar-refractivity contribution is 8.00. The summed E-state index contributed by atoms with van der Waals surface area (Å²) in [4.78, 5) is 39.1. The van der Waals surface area contributed by atoms with Gasteiger partial charge in [-0.05, 0) is 61.9 Å². The number of hydrogen-bond acceptors (Lipinski definition) is 6. The molecule has 3 aromatic carbocycles. The summed E-state index contributed by atoms with van der Waals surface area (Å²) in [6.45, 7) is 3.72. The highest BCUT2D eigenvalue weighted by Crippen LogP contribution is 2.37. The third-order valence-electron chi connectivity index (χ3n) is 5.47. The lowest BCUT2D eigenvalue weighted by Crippen LogP contribution is -2.23. The van der Waals surface area contributed by atoms with Crippen LogP contribution in [0, 0.1) is 5.82 Å². The van der Waals surface area contributed by atoms with Gasteiger partial charge >= 0.3 is 5.97 Å². The highest BCUT2D eigenvalue weighted by atomic mass is 32.2. The van der Waals surface area contributed by atoms with E-state index >= 15 is 0 Å². The molecule has 0 bridgehead atoms. The maximum Gasteiger partial charge on any atom is 0.341 e. The molecule has 2 amide bonds. The van der Waals surface area contributed by atoms with Gasteiger partial charge < -0.3 is 15.4 Å². The lowest BCUT2D eigenvalue weighted by atomic mass is 10.0. The number of hydrogen-bond donors (Lipinski definition) is 2. The first-order chi connectivity index (χ1) is 18.4. The molecule has 0 aliphatic rings. The zero-order valence-electron chi connectivity index (χ0n) is 20.7. The van der Waals surface area contributed by atoms with Crippen LogP contribution in [0.5, 0.6) is 0 Å². The summed E-state index contributed by atoms with van der Waals surface area (Å²) < 4.78 is 18.4. The van der Waals surface area contributed by atoms with Gasteiger partial charge in [-0.3, -0.25) is 9.59 Å². The molecule has 1 heterocycles. The van der Waals surface area contributed by atoms with Gasteiger partial charge in [-0.2, -0.15) is 0 Å². The summed E-state index contributed by atoms with van der Waals surface area (Å²) in [6, 6.07) is 21.8. The summed E-state index contributed by atoms with van der Waals surface area (Å²) in [7, 11) is 0. The van der Waals surface area contributed by atoms with Crippen LogP contribution in [0.1, 0.15) is 34.6 Å². The number of rotatable bonds is 9. The smallest absolute Gasteiger partial charge is 0.341 e. The van der Waals surface area contributed by atoms with Gasteiger partial charge in [-0.15, -0.1) is 23.1 Å². The molecule has 0 radical (unpaired) electrons. The van der Waals surface area contributed by atoms with Crippen LogP contribution in [0.15, 0.2) is 89.1 Å². The van der Waals surface area contributed by atoms with E-state index in [9.17, 15) is 18.8 Å². The van der Waals surface area contributed by atoms with Crippen molar-refractivity contribution in [2.24, 2.45) is 0 Å². The molecule has 4 rings (SSSR count). The minimum absolute atomic E-state index is 0.219. The monoisotopic (exact) mass is 548 g/mol. The average molecular weight is 549 g/mol. The second kappa shape index (κ2) is 12.5. The molecule has 0 fully saturated rings. The molecule has 194 valence electrons. The van der Waals surface area contributed by atoms with Crippen LogP contribution in [-0.4, -0.2) is 29.6 Å². The molecule has 1 aromatic heterocycles. The predicted octanol–water partition coefficient (Wildman–Crippen LogP) is 7.10. The molecule has 0 saturated carbocycles. The first kappa shape index (κ1) is 27.1. The number of halogens is 1. The quantitative estimate of drug-likeness (QED) is 0.172. The fourth-order valence-electron chi connectivity index (χ4n) is 3.61. The van der Waals surface area contributed by atoms with Crippen LogP contribution in [0.3, 0.4) is 0 Å². The molecule has 38 heavy (non-hydrogen) atoms. The zero-order chi connectivity index (χ0) is 27.1. The molecule has 2 N–H and O–H groups in total. The van der Waals surface area contributed by atoms with E-state index in [0.717, 1.165) is 10.5 Å². The topological polar surface area (TPSA) is 84.5 Å².